The van der Waals surface area contributed by atoms with Gasteiger partial charge in [-0.2, -0.15) is 4.98 Å². The Balaban J connectivity index is 1.44. The molecule has 1 aliphatic carbocycles. The van der Waals surface area contributed by atoms with E-state index >= 15 is 0 Å². The number of hydrogen-bond acceptors (Lipinski definition) is 9. The molecule has 12 nitrogen and oxygen atoms in total. The number of carbonyl (C=O) groups excluding carboxylic acids is 2. The lowest BCUT2D eigenvalue weighted by Crippen LogP contribution is -2.42. The minimum Gasteiger partial charge on any atom is -0.377 e. The van der Waals surface area contributed by atoms with Crippen LogP contribution < -0.4 is 27.0 Å². The lowest BCUT2D eigenvalue weighted by atomic mass is 9.90. The van der Waals surface area contributed by atoms with Crippen molar-refractivity contribution in [3.05, 3.63) is 76.0 Å². The molecule has 0 saturated heterocycles. The molecule has 6 N–H and O–H groups in total. The molecule has 2 aromatic carbocycles. The summed E-state index contributed by atoms with van der Waals surface area (Å²) < 4.78 is 0. The normalized spacial score (nSPS) is 16.6. The third-order valence-corrected chi connectivity index (χ3v) is 6.47. The molecule has 0 unspecified atom stereocenters. The number of anilines is 4. The van der Waals surface area contributed by atoms with Crippen LogP contribution in [0.2, 0.25) is 0 Å². The van der Waals surface area contributed by atoms with Crippen molar-refractivity contribution < 1.29 is 14.5 Å². The number of para-hydroxylation sites is 2. The number of nitrogens with one attached hydrogen (secondary N) is 4. The number of hydrogen-bond donors (Lipinski definition) is 5. The van der Waals surface area contributed by atoms with Gasteiger partial charge in [0.15, 0.2) is 0 Å². The van der Waals surface area contributed by atoms with Gasteiger partial charge in [0.1, 0.15) is 17.1 Å². The van der Waals surface area contributed by atoms with Gasteiger partial charge >= 0.3 is 0 Å². The molecule has 1 aromatic heterocycles. The Morgan fingerprint density at radius 1 is 1.10 bits per heavy atom. The highest BCUT2D eigenvalue weighted by Gasteiger charge is 2.26. The Morgan fingerprint density at radius 3 is 2.56 bits per heavy atom. The molecule has 1 fully saturated rings. The van der Waals surface area contributed by atoms with Crippen molar-refractivity contribution in [3.63, 3.8) is 0 Å². The van der Waals surface area contributed by atoms with E-state index in [-0.39, 0.29) is 23.7 Å². The van der Waals surface area contributed by atoms with Crippen molar-refractivity contribution in [1.29, 1.82) is 0 Å². The summed E-state index contributed by atoms with van der Waals surface area (Å²) in [5.74, 6) is -0.0997. The van der Waals surface area contributed by atoms with Gasteiger partial charge in [0.25, 0.3) is 11.6 Å². The second-order valence-electron chi connectivity index (χ2n) is 9.40. The zero-order valence-electron chi connectivity index (χ0n) is 21.6. The van der Waals surface area contributed by atoms with Crippen molar-refractivity contribution >= 4 is 40.6 Å². The van der Waals surface area contributed by atoms with Crippen molar-refractivity contribution in [2.45, 2.75) is 51.1 Å². The first-order chi connectivity index (χ1) is 18.8. The first-order valence-electron chi connectivity index (χ1n) is 12.9. The number of rotatable bonds is 11. The second-order valence-corrected chi connectivity index (χ2v) is 9.40. The molecule has 39 heavy (non-hydrogen) atoms. The van der Waals surface area contributed by atoms with E-state index in [2.05, 4.69) is 31.2 Å². The van der Waals surface area contributed by atoms with Gasteiger partial charge in [-0.05, 0) is 62.4 Å². The molecular formula is C27H32N8O4. The fourth-order valence-corrected chi connectivity index (χ4v) is 4.52. The van der Waals surface area contributed by atoms with E-state index in [1.54, 1.807) is 42.5 Å². The Labute approximate surface area is 226 Å². The van der Waals surface area contributed by atoms with Crippen molar-refractivity contribution in [2.75, 3.05) is 22.5 Å². The Bertz CT molecular complexity index is 1330. The molecule has 1 saturated carbocycles. The van der Waals surface area contributed by atoms with Crippen LogP contribution in [0, 0.1) is 10.1 Å². The van der Waals surface area contributed by atoms with Gasteiger partial charge in [0.2, 0.25) is 11.9 Å². The molecule has 0 bridgehead atoms. The van der Waals surface area contributed by atoms with E-state index in [4.69, 9.17) is 5.73 Å². The van der Waals surface area contributed by atoms with E-state index in [0.717, 1.165) is 25.7 Å². The van der Waals surface area contributed by atoms with Crippen molar-refractivity contribution in [1.82, 2.24) is 15.3 Å². The van der Waals surface area contributed by atoms with Gasteiger partial charge in [0, 0.05) is 42.1 Å². The fraction of sp³-hybridized carbons (Fsp3) is 0.333. The van der Waals surface area contributed by atoms with Crippen LogP contribution in [0.1, 0.15) is 59.7 Å². The lowest BCUT2D eigenvalue weighted by molar-refractivity contribution is -0.384. The molecular weight excluding hydrogens is 500 g/mol. The van der Waals surface area contributed by atoms with Gasteiger partial charge in [0.05, 0.1) is 4.92 Å². The van der Waals surface area contributed by atoms with Crippen LogP contribution in [0.25, 0.3) is 0 Å². The molecule has 12 heteroatoms. The quantitative estimate of drug-likeness (QED) is 0.179. The highest BCUT2D eigenvalue weighted by atomic mass is 16.6. The van der Waals surface area contributed by atoms with E-state index < -0.39 is 10.8 Å². The first-order valence-corrected chi connectivity index (χ1v) is 12.9. The van der Waals surface area contributed by atoms with Gasteiger partial charge in [-0.1, -0.05) is 19.1 Å². The first kappa shape index (κ1) is 27.3. The van der Waals surface area contributed by atoms with Gasteiger partial charge in [-0.15, -0.1) is 0 Å². The Kier molecular flexibility index (Phi) is 8.87. The average Bonchev–Trinajstić information content (AvgIpc) is 2.92. The molecule has 2 amide bonds. The second kappa shape index (κ2) is 12.7. The smallest absolute Gasteiger partial charge is 0.292 e. The lowest BCUT2D eigenvalue weighted by Gasteiger charge is -2.31. The van der Waals surface area contributed by atoms with Crippen LogP contribution in [-0.4, -0.2) is 45.3 Å². The van der Waals surface area contributed by atoms with Crippen molar-refractivity contribution in [3.8, 4) is 0 Å². The number of nitro groups is 1. The Morgan fingerprint density at radius 2 is 1.85 bits per heavy atom. The average molecular weight is 533 g/mol. The predicted octanol–water partition coefficient (Wildman–Crippen LogP) is 4.20. The molecule has 3 aromatic rings. The summed E-state index contributed by atoms with van der Waals surface area (Å²) in [7, 11) is 0. The standard InChI is InChI=1S/C27H32N8O4/c1-2-14-29-25-21(16-30-27(34-25)33-18-12-10-17(11-13-18)24(28)36)26(37)32-20-7-5-6-19(15-20)31-22-8-3-4-9-23(22)35(38)39/h3-4,8-13,16,19-20,31H,2,5-7,14-15H2,1H3,(H2,28,36)(H,32,37)(H2,29,30,33,34)/t19-,20+/m0/s1. The zero-order chi connectivity index (χ0) is 27.8. The maximum absolute atomic E-state index is 13.3. The largest absolute Gasteiger partial charge is 0.377 e. The number of carbonyl (C=O) groups is 2. The third-order valence-electron chi connectivity index (χ3n) is 6.47. The number of nitrogens with zero attached hydrogens (tertiary/aromatic N) is 3. The fourth-order valence-electron chi connectivity index (χ4n) is 4.52. The molecule has 0 spiro atoms. The van der Waals surface area contributed by atoms with E-state index in [9.17, 15) is 19.7 Å². The van der Waals surface area contributed by atoms with Crippen LogP contribution in [0.5, 0.6) is 0 Å². The summed E-state index contributed by atoms with van der Waals surface area (Å²) >= 11 is 0. The molecule has 2 atom stereocenters. The summed E-state index contributed by atoms with van der Waals surface area (Å²) in [5, 5.41) is 24.0. The minimum absolute atomic E-state index is 0.00776. The molecule has 4 rings (SSSR count). The molecule has 0 radical (unpaired) electrons. The maximum atomic E-state index is 13.3. The van der Waals surface area contributed by atoms with E-state index in [0.29, 0.717) is 47.2 Å². The van der Waals surface area contributed by atoms with Gasteiger partial charge < -0.3 is 27.0 Å². The third kappa shape index (κ3) is 7.18. The monoisotopic (exact) mass is 532 g/mol. The predicted molar refractivity (Wildman–Crippen MR) is 149 cm³/mol. The molecule has 1 heterocycles. The molecule has 1 aliphatic rings. The summed E-state index contributed by atoms with van der Waals surface area (Å²) in [6.45, 7) is 2.63. The number of nitro benzene ring substituents is 1. The summed E-state index contributed by atoms with van der Waals surface area (Å²) in [6.07, 6.45) is 5.48. The van der Waals surface area contributed by atoms with Crippen LogP contribution >= 0.6 is 0 Å². The molecule has 0 aliphatic heterocycles. The summed E-state index contributed by atoms with van der Waals surface area (Å²) in [4.78, 5) is 44.4. The number of aromatic nitrogens is 2. The summed E-state index contributed by atoms with van der Waals surface area (Å²) in [5.41, 5.74) is 7.19. The zero-order valence-corrected chi connectivity index (χ0v) is 21.6. The maximum Gasteiger partial charge on any atom is 0.292 e. The number of amides is 2. The van der Waals surface area contributed by atoms with Crippen molar-refractivity contribution in [2.24, 2.45) is 5.73 Å². The van der Waals surface area contributed by atoms with Crippen LogP contribution in [0.4, 0.5) is 28.8 Å². The number of primary amides is 1. The highest BCUT2D eigenvalue weighted by molar-refractivity contribution is 5.99. The van der Waals surface area contributed by atoms with Gasteiger partial charge in [-0.25, -0.2) is 4.98 Å². The topological polar surface area (TPSA) is 177 Å². The van der Waals surface area contributed by atoms with E-state index in [1.807, 2.05) is 6.92 Å². The SMILES string of the molecule is CCCNc1nc(Nc2ccc(C(N)=O)cc2)ncc1C(=O)N[C@@H]1CCC[C@H](Nc2ccccc2[N+](=O)[O-])C1. The van der Waals surface area contributed by atoms with Crippen LogP contribution in [0.3, 0.4) is 0 Å². The highest BCUT2D eigenvalue weighted by Crippen LogP contribution is 2.28. The summed E-state index contributed by atoms with van der Waals surface area (Å²) in [6, 6.07) is 13.1. The van der Waals surface area contributed by atoms with Gasteiger partial charge in [-0.3, -0.25) is 19.7 Å². The number of benzene rings is 2. The number of nitrogens with two attached hydrogens (primary N) is 1. The van der Waals surface area contributed by atoms with Crippen LogP contribution in [0.15, 0.2) is 54.7 Å². The van der Waals surface area contributed by atoms with E-state index in [1.165, 1.54) is 12.3 Å². The minimum atomic E-state index is -0.513. The Hall–Kier alpha value is -4.74. The van der Waals surface area contributed by atoms with Crippen LogP contribution in [-0.2, 0) is 0 Å². The molecule has 204 valence electrons.